The highest BCUT2D eigenvalue weighted by atomic mass is 16.3. The number of aliphatic hydroxyl groups is 1. The molecule has 0 aliphatic heterocycles. The highest BCUT2D eigenvalue weighted by molar-refractivity contribution is 5.56. The second kappa shape index (κ2) is 2.77. The summed E-state index contributed by atoms with van der Waals surface area (Å²) in [5, 5.41) is 9.53. The van der Waals surface area contributed by atoms with E-state index in [0.29, 0.717) is 0 Å². The summed E-state index contributed by atoms with van der Waals surface area (Å²) in [7, 11) is 0. The Kier molecular flexibility index (Phi) is 1.75. The smallest absolute Gasteiger partial charge is 0.0796 e. The fourth-order valence-corrected chi connectivity index (χ4v) is 1.77. The number of fused-ring (bicyclic) bond motifs is 1. The number of hydrogen-bond acceptors (Lipinski definition) is 3. The van der Waals surface area contributed by atoms with Crippen LogP contribution in [0.15, 0.2) is 18.2 Å². The van der Waals surface area contributed by atoms with E-state index in [9.17, 15) is 5.11 Å². The maximum atomic E-state index is 9.53. The third kappa shape index (κ3) is 0.983. The first-order valence-corrected chi connectivity index (χ1v) is 4.09. The molecule has 0 heterocycles. The van der Waals surface area contributed by atoms with Crippen molar-refractivity contribution in [1.82, 2.24) is 0 Å². The van der Waals surface area contributed by atoms with Gasteiger partial charge in [-0.15, -0.1) is 0 Å². The van der Waals surface area contributed by atoms with Gasteiger partial charge in [0.1, 0.15) is 0 Å². The summed E-state index contributed by atoms with van der Waals surface area (Å²) in [4.78, 5) is 0. The molecule has 0 fully saturated rings. The van der Waals surface area contributed by atoms with Crippen molar-refractivity contribution in [2.45, 2.75) is 18.9 Å². The highest BCUT2D eigenvalue weighted by Gasteiger charge is 2.21. The maximum Gasteiger partial charge on any atom is 0.0796 e. The van der Waals surface area contributed by atoms with Gasteiger partial charge in [0.2, 0.25) is 0 Å². The molecule has 12 heavy (non-hydrogen) atoms. The first kappa shape index (κ1) is 7.58. The SMILES string of the molecule is NNc1cccc2c1CCC2O. The van der Waals surface area contributed by atoms with Crippen molar-refractivity contribution in [2.75, 3.05) is 5.43 Å². The number of rotatable bonds is 1. The molecular formula is C9H12N2O. The lowest BCUT2D eigenvalue weighted by atomic mass is 10.1. The van der Waals surface area contributed by atoms with Gasteiger partial charge in [0, 0.05) is 0 Å². The third-order valence-corrected chi connectivity index (χ3v) is 2.39. The minimum atomic E-state index is -0.298. The number of hydrazine groups is 1. The topological polar surface area (TPSA) is 58.3 Å². The number of nitrogen functional groups attached to an aromatic ring is 1. The van der Waals surface area contributed by atoms with E-state index >= 15 is 0 Å². The van der Waals surface area contributed by atoms with Crippen LogP contribution in [-0.4, -0.2) is 5.11 Å². The monoisotopic (exact) mass is 164 g/mol. The highest BCUT2D eigenvalue weighted by Crippen LogP contribution is 2.34. The van der Waals surface area contributed by atoms with E-state index in [1.54, 1.807) is 0 Å². The van der Waals surface area contributed by atoms with Crippen molar-refractivity contribution in [1.29, 1.82) is 0 Å². The van der Waals surface area contributed by atoms with Crippen molar-refractivity contribution >= 4 is 5.69 Å². The predicted molar refractivity (Wildman–Crippen MR) is 47.5 cm³/mol. The van der Waals surface area contributed by atoms with E-state index < -0.39 is 0 Å². The average Bonchev–Trinajstić information content (AvgIpc) is 2.48. The van der Waals surface area contributed by atoms with Gasteiger partial charge in [-0.3, -0.25) is 5.84 Å². The Bertz CT molecular complexity index is 299. The molecule has 1 aromatic carbocycles. The molecular weight excluding hydrogens is 152 g/mol. The lowest BCUT2D eigenvalue weighted by Gasteiger charge is -2.07. The molecule has 4 N–H and O–H groups in total. The zero-order chi connectivity index (χ0) is 8.55. The molecule has 0 radical (unpaired) electrons. The van der Waals surface area contributed by atoms with Crippen LogP contribution in [0.1, 0.15) is 23.7 Å². The number of nitrogens with two attached hydrogens (primary N) is 1. The molecule has 2 rings (SSSR count). The molecule has 1 aliphatic carbocycles. The Balaban J connectivity index is 2.50. The van der Waals surface area contributed by atoms with Crippen LogP contribution in [0.5, 0.6) is 0 Å². The number of aliphatic hydroxyl groups excluding tert-OH is 1. The molecule has 1 aromatic rings. The van der Waals surface area contributed by atoms with Gasteiger partial charge in [-0.25, -0.2) is 0 Å². The van der Waals surface area contributed by atoms with Crippen molar-refractivity contribution < 1.29 is 5.11 Å². The molecule has 64 valence electrons. The fraction of sp³-hybridized carbons (Fsp3) is 0.333. The Hall–Kier alpha value is -1.06. The molecule has 1 aliphatic rings. The van der Waals surface area contributed by atoms with Crippen LogP contribution < -0.4 is 11.3 Å². The van der Waals surface area contributed by atoms with Gasteiger partial charge < -0.3 is 10.5 Å². The first-order valence-electron chi connectivity index (χ1n) is 4.09. The Morgan fingerprint density at radius 1 is 1.50 bits per heavy atom. The van der Waals surface area contributed by atoms with Gasteiger partial charge in [0.15, 0.2) is 0 Å². The largest absolute Gasteiger partial charge is 0.388 e. The molecule has 0 saturated carbocycles. The summed E-state index contributed by atoms with van der Waals surface area (Å²) in [6.07, 6.45) is 1.43. The Morgan fingerprint density at radius 2 is 2.33 bits per heavy atom. The van der Waals surface area contributed by atoms with Gasteiger partial charge in [0.25, 0.3) is 0 Å². The van der Waals surface area contributed by atoms with E-state index in [-0.39, 0.29) is 6.10 Å². The van der Waals surface area contributed by atoms with Gasteiger partial charge in [-0.2, -0.15) is 0 Å². The number of benzene rings is 1. The minimum absolute atomic E-state index is 0.298. The normalized spacial score (nSPS) is 20.7. The lowest BCUT2D eigenvalue weighted by molar-refractivity contribution is 0.180. The van der Waals surface area contributed by atoms with E-state index in [0.717, 1.165) is 29.7 Å². The molecule has 1 unspecified atom stereocenters. The average molecular weight is 164 g/mol. The summed E-state index contributed by atoms with van der Waals surface area (Å²) in [6, 6.07) is 5.78. The van der Waals surface area contributed by atoms with Gasteiger partial charge in [-0.1, -0.05) is 12.1 Å². The van der Waals surface area contributed by atoms with Crippen LogP contribution in [0.25, 0.3) is 0 Å². The summed E-state index contributed by atoms with van der Waals surface area (Å²) < 4.78 is 0. The zero-order valence-electron chi connectivity index (χ0n) is 6.75. The van der Waals surface area contributed by atoms with Gasteiger partial charge in [0.05, 0.1) is 11.8 Å². The molecule has 3 heteroatoms. The lowest BCUT2D eigenvalue weighted by Crippen LogP contribution is -2.08. The van der Waals surface area contributed by atoms with E-state index in [1.807, 2.05) is 18.2 Å². The number of hydrogen-bond donors (Lipinski definition) is 3. The molecule has 0 aromatic heterocycles. The number of nitrogens with one attached hydrogen (secondary N) is 1. The Labute approximate surface area is 71.2 Å². The fourth-order valence-electron chi connectivity index (χ4n) is 1.77. The van der Waals surface area contributed by atoms with Gasteiger partial charge >= 0.3 is 0 Å². The summed E-state index contributed by atoms with van der Waals surface area (Å²) >= 11 is 0. The van der Waals surface area contributed by atoms with Gasteiger partial charge in [-0.05, 0) is 30.0 Å². The van der Waals surface area contributed by atoms with Crippen LogP contribution in [-0.2, 0) is 6.42 Å². The van der Waals surface area contributed by atoms with E-state index in [1.165, 1.54) is 0 Å². The molecule has 0 spiro atoms. The third-order valence-electron chi connectivity index (χ3n) is 2.39. The van der Waals surface area contributed by atoms with Crippen molar-refractivity contribution in [2.24, 2.45) is 5.84 Å². The molecule has 0 saturated heterocycles. The van der Waals surface area contributed by atoms with Crippen molar-refractivity contribution in [3.8, 4) is 0 Å². The van der Waals surface area contributed by atoms with Crippen LogP contribution in [0.4, 0.5) is 5.69 Å². The van der Waals surface area contributed by atoms with Crippen LogP contribution in [0.2, 0.25) is 0 Å². The van der Waals surface area contributed by atoms with Crippen molar-refractivity contribution in [3.05, 3.63) is 29.3 Å². The quantitative estimate of drug-likeness (QED) is 0.428. The summed E-state index contributed by atoms with van der Waals surface area (Å²) in [5.74, 6) is 5.34. The zero-order valence-corrected chi connectivity index (χ0v) is 6.75. The Morgan fingerprint density at radius 3 is 3.08 bits per heavy atom. The van der Waals surface area contributed by atoms with Crippen LogP contribution in [0.3, 0.4) is 0 Å². The van der Waals surface area contributed by atoms with Crippen LogP contribution >= 0.6 is 0 Å². The standard InChI is InChI=1S/C9H12N2O/c10-11-8-3-1-2-7-6(8)4-5-9(7)12/h1-3,9,11-12H,4-5,10H2. The second-order valence-electron chi connectivity index (χ2n) is 3.07. The van der Waals surface area contributed by atoms with Crippen LogP contribution in [0, 0.1) is 0 Å². The minimum Gasteiger partial charge on any atom is -0.388 e. The molecule has 1 atom stereocenters. The number of anilines is 1. The summed E-state index contributed by atoms with van der Waals surface area (Å²) in [5.41, 5.74) is 5.75. The maximum absolute atomic E-state index is 9.53. The molecule has 3 nitrogen and oxygen atoms in total. The predicted octanol–water partition coefficient (Wildman–Crippen LogP) is 0.952. The second-order valence-corrected chi connectivity index (χ2v) is 3.07. The van der Waals surface area contributed by atoms with E-state index in [4.69, 9.17) is 5.84 Å². The van der Waals surface area contributed by atoms with Crippen molar-refractivity contribution in [3.63, 3.8) is 0 Å². The first-order chi connectivity index (χ1) is 5.83. The van der Waals surface area contributed by atoms with E-state index in [2.05, 4.69) is 5.43 Å². The summed E-state index contributed by atoms with van der Waals surface area (Å²) in [6.45, 7) is 0. The molecule has 0 bridgehead atoms. The molecule has 0 amide bonds.